The van der Waals surface area contributed by atoms with Crippen LogP contribution in [-0.2, 0) is 65.5 Å². The van der Waals surface area contributed by atoms with Crippen molar-refractivity contribution < 1.29 is 77.7 Å². The molecule has 3 unspecified atom stereocenters. The van der Waals surface area contributed by atoms with Gasteiger partial charge in [-0.25, -0.2) is 4.79 Å². The highest BCUT2D eigenvalue weighted by molar-refractivity contribution is 7.91. The van der Waals surface area contributed by atoms with Crippen LogP contribution in [0.3, 0.4) is 0 Å². The second-order valence-electron chi connectivity index (χ2n) is 20.9. The molecule has 1 aromatic carbocycles. The van der Waals surface area contributed by atoms with Gasteiger partial charge in [0.1, 0.15) is 47.3 Å². The molecule has 0 radical (unpaired) electrons. The maximum atomic E-state index is 14.9. The molecule has 4 heterocycles. The van der Waals surface area contributed by atoms with Crippen LogP contribution in [0.2, 0.25) is 0 Å². The second-order valence-corrected chi connectivity index (χ2v) is 22.3. The van der Waals surface area contributed by atoms with E-state index in [0.29, 0.717) is 38.6 Å². The van der Waals surface area contributed by atoms with Crippen LogP contribution in [0.4, 0.5) is 4.79 Å². The Morgan fingerprint density at radius 2 is 1.49 bits per heavy atom. The number of alkyl carbamates (subject to hydrolysis) is 1. The standard InChI is InChI=1S/C50H75N11O16S/c1-7-25(2)40-45(72)54-20-38(67)55-34-24-78(76)47-30(29-13-12-27(63)16-31(29)58-47)18-32(42(69)53-21-39(68)59-40)56-46(73)41(26(3)36(65)23-62)60-44(71)35-17-28(64)22-61(35)48(74)33(57-43(34)70)19-37(66)51-14-10-8-9-11-15-52-49(75)77-50(4,5)6/h12-13,16,25-26,28,32-36,40-41,58,62-65H,7-11,14-15,17-24H2,1-6H3,(H,51,66)(H,52,75)(H,53,69)(H,54,72)(H,55,67)(H,56,73)(H,57,70)(H,59,68)(H,60,71)/t25-,26-,28?,32?,33-,34?,35-,36-,40-,41-,78+/m0/s1. The molecule has 0 spiro atoms. The lowest BCUT2D eigenvalue weighted by molar-refractivity contribution is -0.144. The number of H-pyrrole nitrogens is 1. The minimum absolute atomic E-state index is 0.0758. The molecule has 1 saturated heterocycles. The molecular formula is C50H75N11O16S. The van der Waals surface area contributed by atoms with E-state index in [0.717, 1.165) is 4.90 Å². The van der Waals surface area contributed by atoms with Crippen molar-refractivity contribution >= 4 is 81.3 Å². The van der Waals surface area contributed by atoms with Crippen LogP contribution < -0.4 is 47.9 Å². The number of ether oxygens (including phenoxy) is 1. The van der Waals surface area contributed by atoms with Crippen molar-refractivity contribution in [3.05, 3.63) is 23.8 Å². The van der Waals surface area contributed by atoms with Crippen molar-refractivity contribution in [2.24, 2.45) is 11.8 Å². The lowest BCUT2D eigenvalue weighted by Crippen LogP contribution is -2.62. The highest BCUT2D eigenvalue weighted by atomic mass is 32.2. The van der Waals surface area contributed by atoms with E-state index in [1.165, 1.54) is 25.1 Å². The van der Waals surface area contributed by atoms with Crippen molar-refractivity contribution in [3.63, 3.8) is 0 Å². The molecule has 27 nitrogen and oxygen atoms in total. The molecule has 432 valence electrons. The molecule has 28 heteroatoms. The molecule has 3 aliphatic rings. The van der Waals surface area contributed by atoms with Crippen LogP contribution in [0.25, 0.3) is 10.9 Å². The van der Waals surface area contributed by atoms with Crippen molar-refractivity contribution in [2.75, 3.05) is 45.1 Å². The molecule has 3 aliphatic heterocycles. The Kier molecular flexibility index (Phi) is 22.5. The summed E-state index contributed by atoms with van der Waals surface area (Å²) in [4.78, 5) is 143. The number of aromatic nitrogens is 1. The number of hydrogen-bond acceptors (Lipinski definition) is 16. The zero-order valence-corrected chi connectivity index (χ0v) is 45.5. The summed E-state index contributed by atoms with van der Waals surface area (Å²) in [6, 6.07) is -6.07. The number of aromatic hydroxyl groups is 1. The number of unbranched alkanes of at least 4 members (excludes halogenated alkanes) is 3. The van der Waals surface area contributed by atoms with Gasteiger partial charge in [0.2, 0.25) is 58.2 Å². The zero-order valence-electron chi connectivity index (χ0n) is 44.7. The Hall–Kier alpha value is -6.75. The van der Waals surface area contributed by atoms with Crippen molar-refractivity contribution in [1.82, 2.24) is 57.7 Å². The predicted octanol–water partition coefficient (Wildman–Crippen LogP) is -3.20. The summed E-state index contributed by atoms with van der Waals surface area (Å²) in [6.45, 7) is 7.42. The van der Waals surface area contributed by atoms with Crippen LogP contribution in [0.15, 0.2) is 23.2 Å². The van der Waals surface area contributed by atoms with Gasteiger partial charge in [0.05, 0.1) is 43.8 Å². The van der Waals surface area contributed by atoms with Gasteiger partial charge in [0, 0.05) is 66.6 Å². The van der Waals surface area contributed by atoms with Crippen LogP contribution in [-0.4, -0.2) is 193 Å². The lowest BCUT2D eigenvalue weighted by Gasteiger charge is -2.33. The van der Waals surface area contributed by atoms with Crippen LogP contribution >= 0.6 is 0 Å². The van der Waals surface area contributed by atoms with E-state index in [9.17, 15) is 72.9 Å². The Balaban J connectivity index is 1.58. The molecule has 2 aromatic rings. The second kappa shape index (κ2) is 28.2. The third kappa shape index (κ3) is 17.4. The molecule has 11 atom stereocenters. The molecule has 14 N–H and O–H groups in total. The Morgan fingerprint density at radius 3 is 2.14 bits per heavy atom. The first kappa shape index (κ1) is 62.1. The number of hydrogen-bond donors (Lipinski definition) is 14. The molecule has 78 heavy (non-hydrogen) atoms. The molecule has 1 fully saturated rings. The zero-order chi connectivity index (χ0) is 57.6. The summed E-state index contributed by atoms with van der Waals surface area (Å²) >= 11 is -2.41. The van der Waals surface area contributed by atoms with Gasteiger partial charge in [0.15, 0.2) is 6.04 Å². The third-order valence-electron chi connectivity index (χ3n) is 13.6. The fourth-order valence-electron chi connectivity index (χ4n) is 9.09. The number of carbonyl (C=O) groups is 10. The van der Waals surface area contributed by atoms with Gasteiger partial charge in [-0.2, -0.15) is 0 Å². The number of fused-ring (bicyclic) bond motifs is 5. The summed E-state index contributed by atoms with van der Waals surface area (Å²) in [5.41, 5.74) is -0.420. The molecule has 10 amide bonds. The van der Waals surface area contributed by atoms with Crippen LogP contribution in [0.1, 0.15) is 92.1 Å². The number of amides is 10. The number of aliphatic hydroxyl groups is 3. The highest BCUT2D eigenvalue weighted by Gasteiger charge is 2.45. The quantitative estimate of drug-likeness (QED) is 0.0654. The molecular weight excluding hydrogens is 1040 g/mol. The van der Waals surface area contributed by atoms with Crippen LogP contribution in [0, 0.1) is 11.8 Å². The number of nitrogens with zero attached hydrogens (tertiary/aromatic N) is 1. The predicted molar refractivity (Wildman–Crippen MR) is 279 cm³/mol. The van der Waals surface area contributed by atoms with Gasteiger partial charge < -0.3 is 87.5 Å². The first-order valence-corrected chi connectivity index (χ1v) is 27.4. The Bertz CT molecular complexity index is 2520. The van der Waals surface area contributed by atoms with Gasteiger partial charge in [0.25, 0.3) is 0 Å². The number of phenols is 1. The molecule has 1 aromatic heterocycles. The molecule has 2 bridgehead atoms. The van der Waals surface area contributed by atoms with E-state index in [4.69, 9.17) is 4.74 Å². The van der Waals surface area contributed by atoms with E-state index < -0.39 is 188 Å². The fraction of sp³-hybridized carbons (Fsp3) is 0.640. The maximum absolute atomic E-state index is 14.9. The number of rotatable bonds is 14. The lowest BCUT2D eigenvalue weighted by atomic mass is 9.93. The smallest absolute Gasteiger partial charge is 0.407 e. The van der Waals surface area contributed by atoms with E-state index in [2.05, 4.69) is 52.8 Å². The largest absolute Gasteiger partial charge is 0.610 e. The first-order chi connectivity index (χ1) is 36.8. The number of carbonyl (C=O) groups excluding carboxylic acids is 10. The number of nitrogens with one attached hydrogen (secondary N) is 10. The topological polar surface area (TPSA) is 411 Å². The van der Waals surface area contributed by atoms with E-state index in [1.807, 2.05) is 0 Å². The summed E-state index contributed by atoms with van der Waals surface area (Å²) in [5, 5.41) is 65.2. The van der Waals surface area contributed by atoms with Crippen molar-refractivity contribution in [3.8, 4) is 5.75 Å². The van der Waals surface area contributed by atoms with Gasteiger partial charge >= 0.3 is 6.09 Å². The minimum Gasteiger partial charge on any atom is -0.610 e. The number of phenolic OH excluding ortho intramolecular Hbond substituents is 1. The third-order valence-corrected chi connectivity index (χ3v) is 15.1. The summed E-state index contributed by atoms with van der Waals surface area (Å²) in [7, 11) is 0. The number of aromatic amines is 1. The molecule has 0 saturated carbocycles. The molecule has 0 aliphatic carbocycles. The normalized spacial score (nSPS) is 25.6. The summed E-state index contributed by atoms with van der Waals surface area (Å²) in [5.74, 6) is -11.7. The van der Waals surface area contributed by atoms with Gasteiger partial charge in [-0.05, 0) is 51.7 Å². The average molecular weight is 1120 g/mol. The maximum Gasteiger partial charge on any atom is 0.407 e. The number of benzene rings is 1. The van der Waals surface area contributed by atoms with Crippen LogP contribution in [0.5, 0.6) is 5.75 Å². The van der Waals surface area contributed by atoms with Crippen molar-refractivity contribution in [1.29, 1.82) is 0 Å². The Labute approximate surface area is 453 Å². The average Bonchev–Trinajstić information content (AvgIpc) is 3.98. The fourth-order valence-corrected chi connectivity index (χ4v) is 10.5. The van der Waals surface area contributed by atoms with Gasteiger partial charge in [-0.15, -0.1) is 0 Å². The Morgan fingerprint density at radius 1 is 0.833 bits per heavy atom. The first-order valence-electron chi connectivity index (χ1n) is 26.1. The van der Waals surface area contributed by atoms with E-state index >= 15 is 0 Å². The SMILES string of the molecule is CC[C@H](C)[C@@H]1NC(=O)CNC(=O)C2Cc3c([nH]c4cc(O)ccc34)[S@+]([O-])CC(NC(=O)CNC1=O)C(=O)N[C@@H](CC(=O)NCCCCCCNC(=O)OC(C)(C)C)C(=O)N1CC(O)C[C@H]1C(=O)N[C@@H]([C@@H](C)[C@@H](O)CO)C(=O)N2. The minimum atomic E-state index is -2.41. The van der Waals surface area contributed by atoms with Crippen molar-refractivity contribution in [2.45, 2.75) is 152 Å². The number of aliphatic hydroxyl groups excluding tert-OH is 3. The summed E-state index contributed by atoms with van der Waals surface area (Å²) in [6.07, 6.45) is -2.61. The van der Waals surface area contributed by atoms with E-state index in [-0.39, 0.29) is 33.8 Å². The molecule has 5 rings (SSSR count). The van der Waals surface area contributed by atoms with E-state index in [1.54, 1.807) is 34.6 Å². The summed E-state index contributed by atoms with van der Waals surface area (Å²) < 4.78 is 20.1. The van der Waals surface area contributed by atoms with Gasteiger partial charge in [-0.1, -0.05) is 40.0 Å². The monoisotopic (exact) mass is 1120 g/mol. The van der Waals surface area contributed by atoms with Gasteiger partial charge in [-0.3, -0.25) is 43.2 Å². The highest BCUT2D eigenvalue weighted by Crippen LogP contribution is 2.31.